The SMILES string of the molecule is O=C(Nc1ccccn1)C1CCN(S(=O)(=O)c2ccc(-c3noc(C4CC4)n3)cc2)CC1. The van der Waals surface area contributed by atoms with E-state index in [4.69, 9.17) is 4.52 Å². The molecule has 9 nitrogen and oxygen atoms in total. The van der Waals surface area contributed by atoms with Gasteiger partial charge in [0.05, 0.1) is 4.90 Å². The number of rotatable bonds is 6. The molecule has 1 saturated heterocycles. The Bertz CT molecular complexity index is 1200. The van der Waals surface area contributed by atoms with Crippen LogP contribution in [-0.4, -0.2) is 46.8 Å². The van der Waals surface area contributed by atoms with Crippen LogP contribution in [0.3, 0.4) is 0 Å². The maximum Gasteiger partial charge on any atom is 0.243 e. The summed E-state index contributed by atoms with van der Waals surface area (Å²) in [5.41, 5.74) is 0.713. The van der Waals surface area contributed by atoms with Crippen molar-refractivity contribution in [3.05, 3.63) is 54.6 Å². The van der Waals surface area contributed by atoms with Crippen LogP contribution in [0.1, 0.15) is 37.5 Å². The molecule has 1 saturated carbocycles. The highest BCUT2D eigenvalue weighted by Gasteiger charge is 2.33. The number of sulfonamides is 1. The van der Waals surface area contributed by atoms with Crippen molar-refractivity contribution in [3.8, 4) is 11.4 Å². The first-order valence-electron chi connectivity index (χ1n) is 10.7. The third kappa shape index (κ3) is 4.28. The largest absolute Gasteiger partial charge is 0.339 e. The van der Waals surface area contributed by atoms with Gasteiger partial charge in [-0.1, -0.05) is 11.2 Å². The normalized spacial score (nSPS) is 17.9. The Morgan fingerprint density at radius 3 is 2.44 bits per heavy atom. The van der Waals surface area contributed by atoms with E-state index in [2.05, 4.69) is 20.4 Å². The van der Waals surface area contributed by atoms with Gasteiger partial charge in [0.2, 0.25) is 27.6 Å². The average molecular weight is 454 g/mol. The van der Waals surface area contributed by atoms with E-state index in [1.807, 2.05) is 0 Å². The fourth-order valence-corrected chi connectivity index (χ4v) is 5.27. The zero-order valence-electron chi connectivity index (χ0n) is 17.3. The Labute approximate surface area is 185 Å². The summed E-state index contributed by atoms with van der Waals surface area (Å²) in [5.74, 6) is 1.60. The molecule has 1 aliphatic carbocycles. The summed E-state index contributed by atoms with van der Waals surface area (Å²) in [7, 11) is -3.64. The molecule has 2 aromatic heterocycles. The van der Waals surface area contributed by atoms with E-state index in [1.165, 1.54) is 4.31 Å². The second-order valence-electron chi connectivity index (χ2n) is 8.14. The van der Waals surface area contributed by atoms with Crippen LogP contribution in [0.5, 0.6) is 0 Å². The van der Waals surface area contributed by atoms with E-state index >= 15 is 0 Å². The van der Waals surface area contributed by atoms with Crippen molar-refractivity contribution in [2.24, 2.45) is 5.92 Å². The van der Waals surface area contributed by atoms with Crippen LogP contribution >= 0.6 is 0 Å². The molecular formula is C22H23N5O4S. The van der Waals surface area contributed by atoms with E-state index < -0.39 is 10.0 Å². The molecule has 10 heteroatoms. The van der Waals surface area contributed by atoms with Gasteiger partial charge in [-0.3, -0.25) is 4.79 Å². The Morgan fingerprint density at radius 1 is 1.03 bits per heavy atom. The lowest BCUT2D eigenvalue weighted by Gasteiger charge is -2.30. The summed E-state index contributed by atoms with van der Waals surface area (Å²) in [6, 6.07) is 11.8. The van der Waals surface area contributed by atoms with Gasteiger partial charge in [0.1, 0.15) is 5.82 Å². The summed E-state index contributed by atoms with van der Waals surface area (Å²) in [6.07, 6.45) is 4.67. The lowest BCUT2D eigenvalue weighted by atomic mass is 9.97. The number of nitrogens with one attached hydrogen (secondary N) is 1. The monoisotopic (exact) mass is 453 g/mol. The number of amides is 1. The molecule has 1 aromatic carbocycles. The molecular weight excluding hydrogens is 430 g/mol. The van der Waals surface area contributed by atoms with Crippen LogP contribution in [0.4, 0.5) is 5.82 Å². The number of carbonyl (C=O) groups excluding carboxylic acids is 1. The smallest absolute Gasteiger partial charge is 0.243 e. The van der Waals surface area contributed by atoms with Crippen molar-refractivity contribution < 1.29 is 17.7 Å². The van der Waals surface area contributed by atoms with E-state index in [9.17, 15) is 13.2 Å². The molecule has 0 spiro atoms. The minimum atomic E-state index is -3.64. The van der Waals surface area contributed by atoms with Crippen LogP contribution in [0.2, 0.25) is 0 Å². The molecule has 2 aliphatic rings. The second-order valence-corrected chi connectivity index (χ2v) is 10.1. The van der Waals surface area contributed by atoms with Crippen molar-refractivity contribution in [1.29, 1.82) is 0 Å². The maximum atomic E-state index is 13.1. The lowest BCUT2D eigenvalue weighted by molar-refractivity contribution is -0.120. The lowest BCUT2D eigenvalue weighted by Crippen LogP contribution is -2.41. The van der Waals surface area contributed by atoms with Gasteiger partial charge >= 0.3 is 0 Å². The highest BCUT2D eigenvalue weighted by Crippen LogP contribution is 2.39. The van der Waals surface area contributed by atoms with Gasteiger partial charge in [-0.05, 0) is 62.1 Å². The van der Waals surface area contributed by atoms with E-state index in [0.29, 0.717) is 54.9 Å². The molecule has 0 unspecified atom stereocenters. The first-order chi connectivity index (χ1) is 15.5. The number of anilines is 1. The molecule has 0 bridgehead atoms. The predicted molar refractivity (Wildman–Crippen MR) is 116 cm³/mol. The molecule has 3 aromatic rings. The molecule has 2 fully saturated rings. The number of aromatic nitrogens is 3. The van der Waals surface area contributed by atoms with Crippen molar-refractivity contribution in [2.75, 3.05) is 18.4 Å². The number of benzene rings is 1. The Balaban J connectivity index is 1.21. The van der Waals surface area contributed by atoms with Gasteiger partial charge in [0.25, 0.3) is 0 Å². The Hall–Kier alpha value is -3.11. The summed E-state index contributed by atoms with van der Waals surface area (Å²) in [4.78, 5) is 21.2. The molecule has 5 rings (SSSR count). The fraction of sp³-hybridized carbons (Fsp3) is 0.364. The zero-order chi connectivity index (χ0) is 22.1. The average Bonchev–Trinajstić information content (AvgIpc) is 3.56. The summed E-state index contributed by atoms with van der Waals surface area (Å²) < 4.78 is 32.9. The van der Waals surface area contributed by atoms with Crippen LogP contribution in [-0.2, 0) is 14.8 Å². The summed E-state index contributed by atoms with van der Waals surface area (Å²) >= 11 is 0. The number of pyridine rings is 1. The highest BCUT2D eigenvalue weighted by atomic mass is 32.2. The first kappa shape index (κ1) is 20.8. The summed E-state index contributed by atoms with van der Waals surface area (Å²) in [6.45, 7) is 0.583. The minimum absolute atomic E-state index is 0.129. The number of hydrogen-bond acceptors (Lipinski definition) is 7. The van der Waals surface area contributed by atoms with Crippen molar-refractivity contribution in [1.82, 2.24) is 19.4 Å². The quantitative estimate of drug-likeness (QED) is 0.609. The molecule has 0 radical (unpaired) electrons. The van der Waals surface area contributed by atoms with Crippen LogP contribution < -0.4 is 5.32 Å². The Kier molecular flexibility index (Phi) is 5.48. The van der Waals surface area contributed by atoms with Crippen LogP contribution in [0, 0.1) is 5.92 Å². The van der Waals surface area contributed by atoms with Crippen molar-refractivity contribution in [2.45, 2.75) is 36.5 Å². The number of hydrogen-bond donors (Lipinski definition) is 1. The minimum Gasteiger partial charge on any atom is -0.339 e. The third-order valence-electron chi connectivity index (χ3n) is 5.86. The first-order valence-corrected chi connectivity index (χ1v) is 12.1. The molecule has 1 N–H and O–H groups in total. The van der Waals surface area contributed by atoms with Gasteiger partial charge in [0.15, 0.2) is 0 Å². The molecule has 1 amide bonds. The maximum absolute atomic E-state index is 13.1. The predicted octanol–water partition coefficient (Wildman–Crippen LogP) is 3.05. The fourth-order valence-electron chi connectivity index (χ4n) is 3.80. The van der Waals surface area contributed by atoms with Gasteiger partial charge in [-0.2, -0.15) is 9.29 Å². The topological polar surface area (TPSA) is 118 Å². The van der Waals surface area contributed by atoms with Crippen LogP contribution in [0.25, 0.3) is 11.4 Å². The standard InChI is InChI=1S/C22H23N5O4S/c28-21(24-19-3-1-2-12-23-19)16-10-13-27(14-11-16)32(29,30)18-8-6-15(7-9-18)20-25-22(31-26-20)17-4-5-17/h1-3,6-9,12,16-17H,4-5,10-11,13-14H2,(H,23,24,28). The zero-order valence-corrected chi connectivity index (χ0v) is 18.2. The molecule has 3 heterocycles. The molecule has 166 valence electrons. The van der Waals surface area contributed by atoms with Crippen LogP contribution in [0.15, 0.2) is 58.1 Å². The van der Waals surface area contributed by atoms with E-state index in [-0.39, 0.29) is 16.7 Å². The van der Waals surface area contributed by atoms with Gasteiger partial charge in [-0.25, -0.2) is 13.4 Å². The Morgan fingerprint density at radius 2 is 1.78 bits per heavy atom. The van der Waals surface area contributed by atoms with Crippen molar-refractivity contribution >= 4 is 21.7 Å². The second kappa shape index (κ2) is 8.44. The highest BCUT2D eigenvalue weighted by molar-refractivity contribution is 7.89. The number of carbonyl (C=O) groups is 1. The van der Waals surface area contributed by atoms with Crippen molar-refractivity contribution in [3.63, 3.8) is 0 Å². The van der Waals surface area contributed by atoms with Gasteiger partial charge in [-0.15, -0.1) is 0 Å². The van der Waals surface area contributed by atoms with E-state index in [0.717, 1.165) is 12.8 Å². The molecule has 1 aliphatic heterocycles. The number of piperidine rings is 1. The van der Waals surface area contributed by atoms with Gasteiger partial charge < -0.3 is 9.84 Å². The molecule has 0 atom stereocenters. The van der Waals surface area contributed by atoms with E-state index in [1.54, 1.807) is 48.7 Å². The third-order valence-corrected chi connectivity index (χ3v) is 7.77. The molecule has 32 heavy (non-hydrogen) atoms. The number of nitrogens with zero attached hydrogens (tertiary/aromatic N) is 4. The van der Waals surface area contributed by atoms with Gasteiger partial charge in [0, 0.05) is 36.7 Å². The summed E-state index contributed by atoms with van der Waals surface area (Å²) in [5, 5.41) is 6.79.